The summed E-state index contributed by atoms with van der Waals surface area (Å²) in [7, 11) is 0. The van der Waals surface area contributed by atoms with Gasteiger partial charge in [-0.2, -0.15) is 5.10 Å². The predicted molar refractivity (Wildman–Crippen MR) is 130 cm³/mol. The lowest BCUT2D eigenvalue weighted by Gasteiger charge is -2.13. The first kappa shape index (κ1) is 22.3. The highest BCUT2D eigenvalue weighted by Crippen LogP contribution is 2.20. The van der Waals surface area contributed by atoms with Gasteiger partial charge in [-0.05, 0) is 48.9 Å². The summed E-state index contributed by atoms with van der Waals surface area (Å²) in [5.41, 5.74) is 4.96. The van der Waals surface area contributed by atoms with Gasteiger partial charge >= 0.3 is 0 Å². The van der Waals surface area contributed by atoms with Crippen LogP contribution in [0.4, 0.5) is 0 Å². The smallest absolute Gasteiger partial charge is 0.280 e. The van der Waals surface area contributed by atoms with Crippen LogP contribution in [0.1, 0.15) is 18.1 Å². The molecule has 6 nitrogen and oxygen atoms in total. The van der Waals surface area contributed by atoms with Crippen molar-refractivity contribution in [3.05, 3.63) is 101 Å². The van der Waals surface area contributed by atoms with Crippen LogP contribution in [0.3, 0.4) is 0 Å². The number of nitrogens with zero attached hydrogens (tertiary/aromatic N) is 2. The topological polar surface area (TPSA) is 72.8 Å². The highest BCUT2D eigenvalue weighted by atomic mass is 35.5. The quantitative estimate of drug-likeness (QED) is 0.218. The second kappa shape index (κ2) is 10.6. The molecule has 0 unspecified atom stereocenters. The van der Waals surface area contributed by atoms with E-state index in [4.69, 9.17) is 21.1 Å². The summed E-state index contributed by atoms with van der Waals surface area (Å²) in [4.78, 5) is 16.7. The zero-order chi connectivity index (χ0) is 23.0. The number of nitrogens with one attached hydrogen (secondary N) is 1. The number of benzene rings is 3. The highest BCUT2D eigenvalue weighted by Gasteiger charge is 2.14. The minimum atomic E-state index is -0.747. The summed E-state index contributed by atoms with van der Waals surface area (Å²) < 4.78 is 11.5. The maximum absolute atomic E-state index is 12.3. The Balaban J connectivity index is 1.29. The minimum Gasteiger partial charge on any atom is -0.489 e. The first-order valence-electron chi connectivity index (χ1n) is 10.4. The van der Waals surface area contributed by atoms with Crippen LogP contribution >= 0.6 is 11.6 Å². The largest absolute Gasteiger partial charge is 0.489 e. The Kier molecular flexibility index (Phi) is 7.17. The lowest BCUT2D eigenvalue weighted by Crippen LogP contribution is -2.33. The standard InChI is InChI=1S/C26H22ClN3O3/c1-18(33-23-13-11-22(12-14-23)32-17-19-7-3-2-4-8-19)26(31)30-28-16-21-15-20-9-5-6-10-24(20)29-25(21)27/h2-16,18H,17H2,1H3,(H,30,31)/b28-16-/t18-/m0/s1. The van der Waals surface area contributed by atoms with E-state index < -0.39 is 6.10 Å². The molecule has 0 spiro atoms. The summed E-state index contributed by atoms with van der Waals surface area (Å²) in [6.45, 7) is 2.13. The molecule has 166 valence electrons. The number of hydrazone groups is 1. The van der Waals surface area contributed by atoms with E-state index in [-0.39, 0.29) is 5.91 Å². The average Bonchev–Trinajstić information content (AvgIpc) is 2.84. The van der Waals surface area contributed by atoms with Crippen molar-refractivity contribution in [2.24, 2.45) is 5.10 Å². The Hall–Kier alpha value is -3.90. The zero-order valence-electron chi connectivity index (χ0n) is 17.9. The third-order valence-corrected chi connectivity index (χ3v) is 5.14. The molecule has 4 rings (SSSR count). The van der Waals surface area contributed by atoms with Crippen molar-refractivity contribution in [2.75, 3.05) is 0 Å². The number of fused-ring (bicyclic) bond motifs is 1. The van der Waals surface area contributed by atoms with Crippen molar-refractivity contribution in [1.29, 1.82) is 0 Å². The Bertz CT molecular complexity index is 1260. The number of amides is 1. The molecular weight excluding hydrogens is 438 g/mol. The SMILES string of the molecule is C[C@H](Oc1ccc(OCc2ccccc2)cc1)C(=O)N/N=C\c1cc2ccccc2nc1Cl. The van der Waals surface area contributed by atoms with Crippen LogP contribution in [-0.4, -0.2) is 23.2 Å². The van der Waals surface area contributed by atoms with Crippen molar-refractivity contribution in [3.8, 4) is 11.5 Å². The Morgan fingerprint density at radius 3 is 2.52 bits per heavy atom. The minimum absolute atomic E-state index is 0.311. The van der Waals surface area contributed by atoms with E-state index in [1.54, 1.807) is 31.2 Å². The Morgan fingerprint density at radius 1 is 1.03 bits per heavy atom. The van der Waals surface area contributed by atoms with Crippen molar-refractivity contribution in [3.63, 3.8) is 0 Å². The van der Waals surface area contributed by atoms with E-state index in [9.17, 15) is 4.79 Å². The van der Waals surface area contributed by atoms with Gasteiger partial charge in [-0.15, -0.1) is 0 Å². The monoisotopic (exact) mass is 459 g/mol. The van der Waals surface area contributed by atoms with Crippen LogP contribution in [0.25, 0.3) is 10.9 Å². The maximum Gasteiger partial charge on any atom is 0.280 e. The van der Waals surface area contributed by atoms with Gasteiger partial charge in [0.25, 0.3) is 5.91 Å². The summed E-state index contributed by atoms with van der Waals surface area (Å²) in [6.07, 6.45) is 0.717. The van der Waals surface area contributed by atoms with E-state index in [1.807, 2.05) is 60.7 Å². The van der Waals surface area contributed by atoms with E-state index >= 15 is 0 Å². The van der Waals surface area contributed by atoms with Crippen molar-refractivity contribution >= 4 is 34.6 Å². The zero-order valence-corrected chi connectivity index (χ0v) is 18.7. The van der Waals surface area contributed by atoms with Gasteiger partial charge in [0.05, 0.1) is 11.7 Å². The third-order valence-electron chi connectivity index (χ3n) is 4.84. The molecule has 0 saturated heterocycles. The van der Waals surface area contributed by atoms with Gasteiger partial charge < -0.3 is 9.47 Å². The summed E-state index contributed by atoms with van der Waals surface area (Å²) in [5.74, 6) is 0.879. The van der Waals surface area contributed by atoms with Gasteiger partial charge in [-0.1, -0.05) is 60.1 Å². The molecule has 0 fully saturated rings. The van der Waals surface area contributed by atoms with Gasteiger partial charge in [0.15, 0.2) is 6.10 Å². The van der Waals surface area contributed by atoms with Crippen LogP contribution in [-0.2, 0) is 11.4 Å². The van der Waals surface area contributed by atoms with Crippen LogP contribution in [0.15, 0.2) is 90.0 Å². The number of rotatable bonds is 8. The summed E-state index contributed by atoms with van der Waals surface area (Å²) in [5, 5.41) is 5.23. The number of pyridine rings is 1. The number of para-hydroxylation sites is 1. The van der Waals surface area contributed by atoms with Gasteiger partial charge in [-0.3, -0.25) is 4.79 Å². The van der Waals surface area contributed by atoms with Gasteiger partial charge in [0, 0.05) is 10.9 Å². The van der Waals surface area contributed by atoms with E-state index in [0.717, 1.165) is 16.5 Å². The fourth-order valence-electron chi connectivity index (χ4n) is 3.07. The molecule has 0 bridgehead atoms. The number of ether oxygens (including phenoxy) is 2. The third kappa shape index (κ3) is 6.08. The maximum atomic E-state index is 12.3. The molecule has 33 heavy (non-hydrogen) atoms. The molecule has 0 aliphatic carbocycles. The normalized spacial score (nSPS) is 11.9. The molecule has 1 atom stereocenters. The number of hydrogen-bond donors (Lipinski definition) is 1. The molecular formula is C26H22ClN3O3. The number of hydrogen-bond acceptors (Lipinski definition) is 5. The van der Waals surface area contributed by atoms with E-state index in [1.165, 1.54) is 6.21 Å². The lowest BCUT2D eigenvalue weighted by molar-refractivity contribution is -0.127. The second-order valence-corrected chi connectivity index (χ2v) is 7.66. The number of carbonyl (C=O) groups excluding carboxylic acids is 1. The highest BCUT2D eigenvalue weighted by molar-refractivity contribution is 6.32. The van der Waals surface area contributed by atoms with Gasteiger partial charge in [-0.25, -0.2) is 10.4 Å². The first-order chi connectivity index (χ1) is 16.1. The predicted octanol–water partition coefficient (Wildman–Crippen LogP) is 5.38. The van der Waals surface area contributed by atoms with Crippen LogP contribution in [0.5, 0.6) is 11.5 Å². The molecule has 3 aromatic carbocycles. The second-order valence-electron chi connectivity index (χ2n) is 7.30. The average molecular weight is 460 g/mol. The number of carbonyl (C=O) groups is 1. The molecule has 1 aromatic heterocycles. The molecule has 4 aromatic rings. The Labute approximate surface area is 196 Å². The molecule has 0 radical (unpaired) electrons. The molecule has 0 saturated carbocycles. The van der Waals surface area contributed by atoms with Crippen molar-refractivity contribution in [2.45, 2.75) is 19.6 Å². The summed E-state index contributed by atoms with van der Waals surface area (Å²) >= 11 is 6.21. The molecule has 0 aliphatic rings. The molecule has 0 aliphatic heterocycles. The molecule has 7 heteroatoms. The van der Waals surface area contributed by atoms with E-state index in [0.29, 0.717) is 28.8 Å². The van der Waals surface area contributed by atoms with Crippen molar-refractivity contribution in [1.82, 2.24) is 10.4 Å². The molecule has 1 amide bonds. The fraction of sp³-hybridized carbons (Fsp3) is 0.115. The first-order valence-corrected chi connectivity index (χ1v) is 10.8. The van der Waals surface area contributed by atoms with Gasteiger partial charge in [0.1, 0.15) is 23.3 Å². The van der Waals surface area contributed by atoms with E-state index in [2.05, 4.69) is 15.5 Å². The number of aromatic nitrogens is 1. The molecule has 1 heterocycles. The number of halogens is 1. The van der Waals surface area contributed by atoms with Crippen molar-refractivity contribution < 1.29 is 14.3 Å². The lowest BCUT2D eigenvalue weighted by atomic mass is 10.2. The fourth-order valence-corrected chi connectivity index (χ4v) is 3.26. The van der Waals surface area contributed by atoms with Crippen LogP contribution in [0, 0.1) is 0 Å². The van der Waals surface area contributed by atoms with Crippen LogP contribution in [0.2, 0.25) is 5.15 Å². The molecule has 1 N–H and O–H groups in total. The Morgan fingerprint density at radius 2 is 1.73 bits per heavy atom. The summed E-state index contributed by atoms with van der Waals surface area (Å²) in [6, 6.07) is 26.5. The van der Waals surface area contributed by atoms with Gasteiger partial charge in [0.2, 0.25) is 0 Å². The van der Waals surface area contributed by atoms with Crippen LogP contribution < -0.4 is 14.9 Å².